The molecule has 4 aromatic rings. The van der Waals surface area contributed by atoms with Crippen molar-refractivity contribution in [3.05, 3.63) is 82.9 Å². The lowest BCUT2D eigenvalue weighted by molar-refractivity contribution is -0.384. The molecule has 0 aliphatic rings. The number of non-ortho nitro benzene ring substituents is 1. The van der Waals surface area contributed by atoms with E-state index in [1.54, 1.807) is 19.2 Å². The molecule has 0 atom stereocenters. The molecule has 1 aromatic heterocycles. The van der Waals surface area contributed by atoms with E-state index in [4.69, 9.17) is 9.15 Å². The van der Waals surface area contributed by atoms with Crippen LogP contribution in [0.4, 0.5) is 5.69 Å². The maximum Gasteiger partial charge on any atom is 0.269 e. The Morgan fingerprint density at radius 2 is 1.18 bits per heavy atom. The number of hydrogen-bond donors (Lipinski definition) is 0. The number of rotatable bonds is 5. The molecule has 0 spiro atoms. The smallest absolute Gasteiger partial charge is 0.269 e. The molecule has 7 heteroatoms. The quantitative estimate of drug-likeness (QED) is 0.362. The van der Waals surface area contributed by atoms with Gasteiger partial charge in [-0.2, -0.15) is 0 Å². The highest BCUT2D eigenvalue weighted by Crippen LogP contribution is 2.28. The third-order valence-electron chi connectivity index (χ3n) is 4.31. The molecule has 0 aliphatic heterocycles. The van der Waals surface area contributed by atoms with Gasteiger partial charge in [-0.25, -0.2) is 0 Å². The summed E-state index contributed by atoms with van der Waals surface area (Å²) in [7, 11) is 1.64. The first-order chi connectivity index (χ1) is 13.6. The number of aromatic nitrogens is 2. The molecule has 28 heavy (non-hydrogen) atoms. The van der Waals surface area contributed by atoms with Crippen molar-refractivity contribution < 1.29 is 14.1 Å². The molecule has 0 saturated heterocycles. The van der Waals surface area contributed by atoms with Crippen LogP contribution in [0.5, 0.6) is 5.75 Å². The lowest BCUT2D eigenvalue weighted by atomic mass is 10.0. The van der Waals surface area contributed by atoms with Gasteiger partial charge >= 0.3 is 0 Å². The Bertz CT molecular complexity index is 1100. The Morgan fingerprint density at radius 1 is 0.750 bits per heavy atom. The summed E-state index contributed by atoms with van der Waals surface area (Å²) < 4.78 is 10.9. The SMILES string of the molecule is COc1ccc(-c2ccc(-c3nnc(-c4ccc([N+](=O)[O-])cc4)o3)cc2)cc1. The zero-order valence-corrected chi connectivity index (χ0v) is 14.9. The Morgan fingerprint density at radius 3 is 1.64 bits per heavy atom. The summed E-state index contributed by atoms with van der Waals surface area (Å²) in [5.74, 6) is 1.50. The molecule has 0 aliphatic carbocycles. The van der Waals surface area contributed by atoms with Crippen LogP contribution in [0.2, 0.25) is 0 Å². The van der Waals surface area contributed by atoms with E-state index in [9.17, 15) is 10.1 Å². The Balaban J connectivity index is 1.55. The minimum Gasteiger partial charge on any atom is -0.497 e. The van der Waals surface area contributed by atoms with Crippen molar-refractivity contribution in [3.63, 3.8) is 0 Å². The molecule has 0 radical (unpaired) electrons. The molecule has 0 fully saturated rings. The zero-order chi connectivity index (χ0) is 19.5. The van der Waals surface area contributed by atoms with Gasteiger partial charge in [0.1, 0.15) is 5.75 Å². The third-order valence-corrected chi connectivity index (χ3v) is 4.31. The minimum atomic E-state index is -0.451. The first-order valence-corrected chi connectivity index (χ1v) is 8.47. The summed E-state index contributed by atoms with van der Waals surface area (Å²) in [6.07, 6.45) is 0. The summed E-state index contributed by atoms with van der Waals surface area (Å²) in [6, 6.07) is 21.6. The lowest BCUT2D eigenvalue weighted by Gasteiger charge is -2.04. The van der Waals surface area contributed by atoms with Gasteiger partial charge in [-0.3, -0.25) is 10.1 Å². The van der Waals surface area contributed by atoms with Gasteiger partial charge in [0.2, 0.25) is 11.8 Å². The van der Waals surface area contributed by atoms with Gasteiger partial charge in [0, 0.05) is 23.3 Å². The molecule has 1 heterocycles. The highest BCUT2D eigenvalue weighted by molar-refractivity contribution is 5.68. The number of benzene rings is 3. The fourth-order valence-electron chi connectivity index (χ4n) is 2.77. The van der Waals surface area contributed by atoms with Gasteiger partial charge in [-0.1, -0.05) is 24.3 Å². The summed E-state index contributed by atoms with van der Waals surface area (Å²) in [5.41, 5.74) is 3.56. The van der Waals surface area contributed by atoms with Crippen molar-refractivity contribution in [2.75, 3.05) is 7.11 Å². The predicted molar refractivity (Wildman–Crippen MR) is 104 cm³/mol. The molecule has 138 valence electrons. The zero-order valence-electron chi connectivity index (χ0n) is 14.9. The van der Waals surface area contributed by atoms with Crippen LogP contribution in [0.3, 0.4) is 0 Å². The highest BCUT2D eigenvalue weighted by atomic mass is 16.6. The van der Waals surface area contributed by atoms with Crippen LogP contribution in [0.15, 0.2) is 77.2 Å². The number of nitro groups is 1. The van der Waals surface area contributed by atoms with E-state index in [0.29, 0.717) is 17.3 Å². The molecule has 3 aromatic carbocycles. The van der Waals surface area contributed by atoms with E-state index in [1.807, 2.05) is 48.5 Å². The molecule has 0 bridgehead atoms. The van der Waals surface area contributed by atoms with E-state index in [0.717, 1.165) is 22.4 Å². The van der Waals surface area contributed by atoms with E-state index < -0.39 is 4.92 Å². The first kappa shape index (κ1) is 17.4. The molecule has 0 amide bonds. The summed E-state index contributed by atoms with van der Waals surface area (Å²) in [4.78, 5) is 10.3. The molecule has 0 saturated carbocycles. The van der Waals surface area contributed by atoms with Crippen LogP contribution < -0.4 is 4.74 Å². The Hall–Kier alpha value is -4.00. The van der Waals surface area contributed by atoms with Crippen LogP contribution in [0.25, 0.3) is 34.0 Å². The topological polar surface area (TPSA) is 91.3 Å². The van der Waals surface area contributed by atoms with Gasteiger partial charge < -0.3 is 9.15 Å². The second-order valence-corrected chi connectivity index (χ2v) is 6.02. The van der Waals surface area contributed by atoms with Crippen molar-refractivity contribution in [1.82, 2.24) is 10.2 Å². The van der Waals surface area contributed by atoms with Crippen molar-refractivity contribution in [2.24, 2.45) is 0 Å². The van der Waals surface area contributed by atoms with Gasteiger partial charge in [-0.15, -0.1) is 10.2 Å². The molecular formula is C21H15N3O4. The molecule has 0 unspecified atom stereocenters. The van der Waals surface area contributed by atoms with Gasteiger partial charge in [0.25, 0.3) is 5.69 Å². The normalized spacial score (nSPS) is 10.6. The van der Waals surface area contributed by atoms with E-state index in [2.05, 4.69) is 10.2 Å². The van der Waals surface area contributed by atoms with Crippen molar-refractivity contribution in [1.29, 1.82) is 0 Å². The van der Waals surface area contributed by atoms with Crippen LogP contribution in [-0.2, 0) is 0 Å². The summed E-state index contributed by atoms with van der Waals surface area (Å²) >= 11 is 0. The largest absolute Gasteiger partial charge is 0.497 e. The van der Waals surface area contributed by atoms with E-state index in [1.165, 1.54) is 12.1 Å². The minimum absolute atomic E-state index is 0.0117. The molecular weight excluding hydrogens is 358 g/mol. The fourth-order valence-corrected chi connectivity index (χ4v) is 2.77. The van der Waals surface area contributed by atoms with E-state index in [-0.39, 0.29) is 5.69 Å². The average molecular weight is 373 g/mol. The summed E-state index contributed by atoms with van der Waals surface area (Å²) in [5, 5.41) is 18.9. The number of hydrogen-bond acceptors (Lipinski definition) is 6. The van der Waals surface area contributed by atoms with Crippen molar-refractivity contribution in [3.8, 4) is 39.8 Å². The third kappa shape index (κ3) is 3.45. The van der Waals surface area contributed by atoms with Crippen molar-refractivity contribution in [2.45, 2.75) is 0 Å². The maximum atomic E-state index is 10.7. The second-order valence-electron chi connectivity index (χ2n) is 6.02. The van der Waals surface area contributed by atoms with Gasteiger partial charge in [-0.05, 0) is 47.5 Å². The highest BCUT2D eigenvalue weighted by Gasteiger charge is 2.12. The number of ether oxygens (including phenoxy) is 1. The second kappa shape index (κ2) is 7.32. The monoisotopic (exact) mass is 373 g/mol. The van der Waals surface area contributed by atoms with Crippen LogP contribution in [0, 0.1) is 10.1 Å². The number of nitro benzene ring substituents is 1. The van der Waals surface area contributed by atoms with Crippen LogP contribution >= 0.6 is 0 Å². The van der Waals surface area contributed by atoms with Crippen LogP contribution in [0.1, 0.15) is 0 Å². The maximum absolute atomic E-state index is 10.7. The number of methoxy groups -OCH3 is 1. The molecule has 4 rings (SSSR count). The molecule has 7 nitrogen and oxygen atoms in total. The Labute approximate surface area is 160 Å². The fraction of sp³-hybridized carbons (Fsp3) is 0.0476. The lowest BCUT2D eigenvalue weighted by Crippen LogP contribution is -1.87. The van der Waals surface area contributed by atoms with Crippen LogP contribution in [-0.4, -0.2) is 22.2 Å². The van der Waals surface area contributed by atoms with Gasteiger partial charge in [0.15, 0.2) is 0 Å². The Kier molecular flexibility index (Phi) is 4.55. The van der Waals surface area contributed by atoms with Gasteiger partial charge in [0.05, 0.1) is 12.0 Å². The van der Waals surface area contributed by atoms with Crippen molar-refractivity contribution >= 4 is 5.69 Å². The first-order valence-electron chi connectivity index (χ1n) is 8.47. The van der Waals surface area contributed by atoms with E-state index >= 15 is 0 Å². The summed E-state index contributed by atoms with van der Waals surface area (Å²) in [6.45, 7) is 0. The average Bonchev–Trinajstić information content (AvgIpc) is 3.24. The predicted octanol–water partition coefficient (Wildman–Crippen LogP) is 4.99. The standard InChI is InChI=1S/C21H15N3O4/c1-27-19-12-8-15(9-13-19)14-2-4-16(5-3-14)20-22-23-21(28-20)17-6-10-18(11-7-17)24(25)26/h2-13H,1H3. The molecule has 0 N–H and O–H groups in total. The number of nitrogens with zero attached hydrogens (tertiary/aromatic N) is 3.